The third-order valence-electron chi connectivity index (χ3n) is 3.63. The molecule has 0 saturated heterocycles. The van der Waals surface area contributed by atoms with Gasteiger partial charge in [-0.25, -0.2) is 0 Å². The fourth-order valence-electron chi connectivity index (χ4n) is 2.37. The van der Waals surface area contributed by atoms with Crippen LogP contribution in [0.25, 0.3) is 0 Å². The molecule has 0 amide bonds. The number of halogens is 1. The van der Waals surface area contributed by atoms with Crippen LogP contribution in [0.1, 0.15) is 38.7 Å². The Morgan fingerprint density at radius 1 is 1.47 bits per heavy atom. The minimum atomic E-state index is 0.281. The summed E-state index contributed by atoms with van der Waals surface area (Å²) < 4.78 is 0. The molecule has 1 aliphatic heterocycles. The number of anilines is 1. The highest BCUT2D eigenvalue weighted by Gasteiger charge is 2.28. The number of nitrogens with one attached hydrogen (secondary N) is 1. The predicted molar refractivity (Wildman–Crippen MR) is 66.8 cm³/mol. The number of benzene rings is 1. The third-order valence-corrected chi connectivity index (χ3v) is 3.87. The van der Waals surface area contributed by atoms with Crippen molar-refractivity contribution in [2.45, 2.75) is 38.5 Å². The standard InChI is InChI=1S/C13H18ClN/c1-3-13(2)7-4-8-15-12-6-5-10(14)9-11(12)13/h5-6,9,15H,3-4,7-8H2,1-2H3. The second kappa shape index (κ2) is 4.05. The molecular formula is C13H18ClN. The van der Waals surface area contributed by atoms with Gasteiger partial charge in [-0.05, 0) is 48.4 Å². The van der Waals surface area contributed by atoms with Crippen LogP contribution >= 0.6 is 11.6 Å². The van der Waals surface area contributed by atoms with Crippen LogP contribution in [-0.4, -0.2) is 6.54 Å². The van der Waals surface area contributed by atoms with Gasteiger partial charge in [0.1, 0.15) is 0 Å². The van der Waals surface area contributed by atoms with Crippen molar-refractivity contribution in [1.29, 1.82) is 0 Å². The Bertz CT molecular complexity index is 362. The lowest BCUT2D eigenvalue weighted by atomic mass is 9.76. The van der Waals surface area contributed by atoms with E-state index >= 15 is 0 Å². The van der Waals surface area contributed by atoms with Crippen LogP contribution < -0.4 is 5.32 Å². The molecule has 1 aromatic rings. The van der Waals surface area contributed by atoms with E-state index in [1.807, 2.05) is 6.07 Å². The van der Waals surface area contributed by atoms with Gasteiger partial charge in [-0.2, -0.15) is 0 Å². The lowest BCUT2D eigenvalue weighted by molar-refractivity contribution is 0.419. The lowest BCUT2D eigenvalue weighted by Crippen LogP contribution is -2.20. The van der Waals surface area contributed by atoms with Gasteiger partial charge in [-0.3, -0.25) is 0 Å². The molecule has 15 heavy (non-hydrogen) atoms. The van der Waals surface area contributed by atoms with Crippen molar-refractivity contribution in [3.63, 3.8) is 0 Å². The first-order valence-electron chi connectivity index (χ1n) is 5.69. The summed E-state index contributed by atoms with van der Waals surface area (Å²) in [6, 6.07) is 6.20. The average molecular weight is 224 g/mol. The van der Waals surface area contributed by atoms with Gasteiger partial charge in [0.05, 0.1) is 0 Å². The molecule has 0 radical (unpaired) electrons. The van der Waals surface area contributed by atoms with Crippen LogP contribution in [0.5, 0.6) is 0 Å². The minimum absolute atomic E-state index is 0.281. The maximum Gasteiger partial charge on any atom is 0.0410 e. The van der Waals surface area contributed by atoms with E-state index in [1.165, 1.54) is 30.5 Å². The molecule has 1 unspecified atom stereocenters. The summed E-state index contributed by atoms with van der Waals surface area (Å²) in [6.45, 7) is 5.68. The van der Waals surface area contributed by atoms with Crippen molar-refractivity contribution < 1.29 is 0 Å². The number of hydrogen-bond acceptors (Lipinski definition) is 1. The molecule has 1 aliphatic rings. The summed E-state index contributed by atoms with van der Waals surface area (Å²) >= 11 is 6.09. The van der Waals surface area contributed by atoms with Crippen LogP contribution in [-0.2, 0) is 5.41 Å². The molecule has 2 rings (SSSR count). The molecular weight excluding hydrogens is 206 g/mol. The highest BCUT2D eigenvalue weighted by atomic mass is 35.5. The first kappa shape index (κ1) is 10.8. The van der Waals surface area contributed by atoms with Gasteiger partial charge in [0.15, 0.2) is 0 Å². The summed E-state index contributed by atoms with van der Waals surface area (Å²) in [7, 11) is 0. The number of rotatable bonds is 1. The Labute approximate surface area is 96.8 Å². The van der Waals surface area contributed by atoms with E-state index in [0.717, 1.165) is 11.6 Å². The monoisotopic (exact) mass is 223 g/mol. The zero-order chi connectivity index (χ0) is 10.9. The molecule has 2 heteroatoms. The van der Waals surface area contributed by atoms with E-state index in [1.54, 1.807) is 0 Å². The van der Waals surface area contributed by atoms with E-state index in [4.69, 9.17) is 11.6 Å². The fourth-order valence-corrected chi connectivity index (χ4v) is 2.55. The van der Waals surface area contributed by atoms with Gasteiger partial charge in [0.25, 0.3) is 0 Å². The molecule has 0 aliphatic carbocycles. The molecule has 82 valence electrons. The van der Waals surface area contributed by atoms with E-state index < -0.39 is 0 Å². The largest absolute Gasteiger partial charge is 0.385 e. The first-order chi connectivity index (χ1) is 7.15. The quantitative estimate of drug-likeness (QED) is 0.752. The zero-order valence-electron chi connectivity index (χ0n) is 9.44. The van der Waals surface area contributed by atoms with Gasteiger partial charge in [0, 0.05) is 17.3 Å². The smallest absolute Gasteiger partial charge is 0.0410 e. The normalized spacial score (nSPS) is 25.3. The van der Waals surface area contributed by atoms with Crippen LogP contribution in [0.15, 0.2) is 18.2 Å². The van der Waals surface area contributed by atoms with Crippen molar-refractivity contribution in [3.05, 3.63) is 28.8 Å². The molecule has 1 N–H and O–H groups in total. The predicted octanol–water partition coefficient (Wildman–Crippen LogP) is 4.21. The molecule has 1 atom stereocenters. The van der Waals surface area contributed by atoms with Gasteiger partial charge in [-0.1, -0.05) is 25.4 Å². The van der Waals surface area contributed by atoms with Crippen molar-refractivity contribution in [1.82, 2.24) is 0 Å². The van der Waals surface area contributed by atoms with Crippen LogP contribution in [0.4, 0.5) is 5.69 Å². The highest BCUT2D eigenvalue weighted by Crippen LogP contribution is 2.40. The van der Waals surface area contributed by atoms with Crippen molar-refractivity contribution in [2.75, 3.05) is 11.9 Å². The SMILES string of the molecule is CCC1(C)CCCNc2ccc(Cl)cc21. The molecule has 0 bridgehead atoms. The zero-order valence-corrected chi connectivity index (χ0v) is 10.2. The molecule has 1 nitrogen and oxygen atoms in total. The topological polar surface area (TPSA) is 12.0 Å². The molecule has 0 aromatic heterocycles. The molecule has 0 fully saturated rings. The summed E-state index contributed by atoms with van der Waals surface area (Å²) in [5.41, 5.74) is 2.93. The van der Waals surface area contributed by atoms with E-state index in [-0.39, 0.29) is 5.41 Å². The Kier molecular flexibility index (Phi) is 2.92. The second-order valence-electron chi connectivity index (χ2n) is 4.63. The van der Waals surface area contributed by atoms with Crippen molar-refractivity contribution >= 4 is 17.3 Å². The second-order valence-corrected chi connectivity index (χ2v) is 5.07. The molecule has 1 aromatic carbocycles. The summed E-state index contributed by atoms with van der Waals surface area (Å²) in [4.78, 5) is 0. The van der Waals surface area contributed by atoms with Gasteiger partial charge in [-0.15, -0.1) is 0 Å². The minimum Gasteiger partial charge on any atom is -0.385 e. The summed E-state index contributed by atoms with van der Waals surface area (Å²) in [5, 5.41) is 4.33. The Hall–Kier alpha value is -0.690. The maximum absolute atomic E-state index is 6.09. The van der Waals surface area contributed by atoms with Gasteiger partial charge in [0.2, 0.25) is 0 Å². The maximum atomic E-state index is 6.09. The van der Waals surface area contributed by atoms with E-state index in [2.05, 4.69) is 31.3 Å². The van der Waals surface area contributed by atoms with Crippen LogP contribution in [0.2, 0.25) is 5.02 Å². The summed E-state index contributed by atoms with van der Waals surface area (Å²) in [5.74, 6) is 0. The van der Waals surface area contributed by atoms with Gasteiger partial charge < -0.3 is 5.32 Å². The highest BCUT2D eigenvalue weighted by molar-refractivity contribution is 6.30. The molecule has 1 heterocycles. The Morgan fingerprint density at radius 3 is 3.00 bits per heavy atom. The van der Waals surface area contributed by atoms with Crippen LogP contribution in [0.3, 0.4) is 0 Å². The van der Waals surface area contributed by atoms with Crippen molar-refractivity contribution in [2.24, 2.45) is 0 Å². The van der Waals surface area contributed by atoms with Crippen molar-refractivity contribution in [3.8, 4) is 0 Å². The van der Waals surface area contributed by atoms with Gasteiger partial charge >= 0.3 is 0 Å². The lowest BCUT2D eigenvalue weighted by Gasteiger charge is -2.28. The Balaban J connectivity index is 2.52. The number of fused-ring (bicyclic) bond motifs is 1. The fraction of sp³-hybridized carbons (Fsp3) is 0.538. The summed E-state index contributed by atoms with van der Waals surface area (Å²) in [6.07, 6.45) is 3.64. The van der Waals surface area contributed by atoms with E-state index in [9.17, 15) is 0 Å². The third kappa shape index (κ3) is 1.98. The number of hydrogen-bond donors (Lipinski definition) is 1. The average Bonchev–Trinajstić information content (AvgIpc) is 2.40. The van der Waals surface area contributed by atoms with Crippen LogP contribution in [0, 0.1) is 0 Å². The molecule has 0 spiro atoms. The Morgan fingerprint density at radius 2 is 2.27 bits per heavy atom. The first-order valence-corrected chi connectivity index (χ1v) is 6.07. The molecule has 0 saturated carbocycles. The van der Waals surface area contributed by atoms with E-state index in [0.29, 0.717) is 0 Å².